The maximum absolute atomic E-state index is 2.41. The summed E-state index contributed by atoms with van der Waals surface area (Å²) in [7, 11) is 1.39. The van der Waals surface area contributed by atoms with E-state index in [9.17, 15) is 0 Å². The molecule has 0 N–H and O–H groups in total. The van der Waals surface area contributed by atoms with Crippen LogP contribution < -0.4 is 0 Å². The molecule has 0 nitrogen and oxygen atoms in total. The molecular formula is C11H25B. The molecule has 72 valence electrons. The summed E-state index contributed by atoms with van der Waals surface area (Å²) in [6.07, 6.45) is 5.46. The third kappa shape index (κ3) is 5.68. The van der Waals surface area contributed by atoms with E-state index in [1.165, 1.54) is 33.0 Å². The van der Waals surface area contributed by atoms with Crippen molar-refractivity contribution in [3.63, 3.8) is 0 Å². The zero-order valence-corrected chi connectivity index (χ0v) is 9.61. The number of unbranched alkanes of at least 4 members (excludes halogenated alkanes) is 1. The third-order valence-corrected chi connectivity index (χ3v) is 2.81. The van der Waals surface area contributed by atoms with Crippen LogP contribution in [0.5, 0.6) is 0 Å². The molecule has 1 heteroatoms. The zero-order valence-electron chi connectivity index (χ0n) is 9.61. The van der Waals surface area contributed by atoms with Crippen molar-refractivity contribution in [1.82, 2.24) is 0 Å². The number of hydrogen-bond acceptors (Lipinski definition) is 0. The number of rotatable bonds is 6. The SMILES string of the molecule is CCCCC(C)(C)BC(C)CC. The minimum atomic E-state index is 0.575. The van der Waals surface area contributed by atoms with E-state index in [2.05, 4.69) is 34.6 Å². The van der Waals surface area contributed by atoms with E-state index in [0.29, 0.717) is 5.31 Å². The molecule has 0 spiro atoms. The molecule has 12 heavy (non-hydrogen) atoms. The Morgan fingerprint density at radius 2 is 1.83 bits per heavy atom. The molecule has 0 aliphatic carbocycles. The average molecular weight is 168 g/mol. The molecule has 0 radical (unpaired) electrons. The van der Waals surface area contributed by atoms with Crippen LogP contribution in [0.2, 0.25) is 11.1 Å². The molecule has 0 rings (SSSR count). The Balaban J connectivity index is 3.69. The van der Waals surface area contributed by atoms with Crippen molar-refractivity contribution in [2.24, 2.45) is 0 Å². The van der Waals surface area contributed by atoms with Crippen LogP contribution in [0.25, 0.3) is 0 Å². The van der Waals surface area contributed by atoms with Gasteiger partial charge in [-0.25, -0.2) is 0 Å². The van der Waals surface area contributed by atoms with Crippen LogP contribution >= 0.6 is 0 Å². The predicted molar refractivity (Wildman–Crippen MR) is 60.4 cm³/mol. The molecule has 0 saturated carbocycles. The van der Waals surface area contributed by atoms with Gasteiger partial charge in [0.2, 0.25) is 0 Å². The molecular weight excluding hydrogens is 143 g/mol. The summed E-state index contributed by atoms with van der Waals surface area (Å²) in [5, 5.41) is 0.575. The highest BCUT2D eigenvalue weighted by atomic mass is 14.1. The van der Waals surface area contributed by atoms with Gasteiger partial charge < -0.3 is 0 Å². The molecule has 1 atom stereocenters. The van der Waals surface area contributed by atoms with E-state index >= 15 is 0 Å². The van der Waals surface area contributed by atoms with Crippen LogP contribution in [0.15, 0.2) is 0 Å². The van der Waals surface area contributed by atoms with Gasteiger partial charge in [0.15, 0.2) is 0 Å². The van der Waals surface area contributed by atoms with E-state index in [1.807, 2.05) is 0 Å². The lowest BCUT2D eigenvalue weighted by Gasteiger charge is -2.26. The standard InChI is InChI=1S/C11H25B/c1-6-8-9-11(4,5)12-10(3)7-2/h10,12H,6-9H2,1-5H3. The molecule has 0 aromatic rings. The molecule has 0 bridgehead atoms. The Morgan fingerprint density at radius 1 is 1.25 bits per heavy atom. The minimum absolute atomic E-state index is 0.575. The van der Waals surface area contributed by atoms with Crippen LogP contribution in [-0.4, -0.2) is 7.28 Å². The van der Waals surface area contributed by atoms with Crippen LogP contribution in [0.3, 0.4) is 0 Å². The van der Waals surface area contributed by atoms with Crippen molar-refractivity contribution in [3.8, 4) is 0 Å². The first-order chi connectivity index (χ1) is 5.52. The number of hydrogen-bond donors (Lipinski definition) is 0. The molecule has 0 aliphatic heterocycles. The normalized spacial score (nSPS) is 14.4. The fraction of sp³-hybridized carbons (Fsp3) is 1.00. The largest absolute Gasteiger partial charge is 0.130 e. The van der Waals surface area contributed by atoms with Gasteiger partial charge in [0.05, 0.1) is 0 Å². The minimum Gasteiger partial charge on any atom is -0.0694 e. The first-order valence-corrected chi connectivity index (χ1v) is 5.52. The molecule has 0 heterocycles. The summed E-state index contributed by atoms with van der Waals surface area (Å²) in [6, 6.07) is 0. The molecule has 0 aromatic carbocycles. The Kier molecular flexibility index (Phi) is 5.70. The van der Waals surface area contributed by atoms with E-state index < -0.39 is 0 Å². The highest BCUT2D eigenvalue weighted by molar-refractivity contribution is 6.41. The Labute approximate surface area is 79.4 Å². The fourth-order valence-corrected chi connectivity index (χ4v) is 1.85. The topological polar surface area (TPSA) is 0 Å². The predicted octanol–water partition coefficient (Wildman–Crippen LogP) is 4.03. The summed E-state index contributed by atoms with van der Waals surface area (Å²) in [6.45, 7) is 11.8. The lowest BCUT2D eigenvalue weighted by Crippen LogP contribution is -2.16. The first-order valence-electron chi connectivity index (χ1n) is 5.52. The van der Waals surface area contributed by atoms with Gasteiger partial charge in [-0.05, 0) is 0 Å². The Morgan fingerprint density at radius 3 is 2.25 bits per heavy atom. The lowest BCUT2D eigenvalue weighted by atomic mass is 9.45. The lowest BCUT2D eigenvalue weighted by molar-refractivity contribution is 0.556. The van der Waals surface area contributed by atoms with Crippen LogP contribution in [0, 0.1) is 0 Å². The summed E-state index contributed by atoms with van der Waals surface area (Å²) in [5.74, 6) is 0.900. The van der Waals surface area contributed by atoms with Crippen molar-refractivity contribution in [2.45, 2.75) is 71.4 Å². The molecule has 0 saturated heterocycles. The van der Waals surface area contributed by atoms with Gasteiger partial charge in [0, 0.05) is 0 Å². The fourth-order valence-electron chi connectivity index (χ4n) is 1.85. The monoisotopic (exact) mass is 168 g/mol. The zero-order chi connectivity index (χ0) is 9.61. The summed E-state index contributed by atoms with van der Waals surface area (Å²) >= 11 is 0. The maximum Gasteiger partial charge on any atom is 0.130 e. The summed E-state index contributed by atoms with van der Waals surface area (Å²) < 4.78 is 0. The van der Waals surface area contributed by atoms with Gasteiger partial charge in [-0.2, -0.15) is 0 Å². The quantitative estimate of drug-likeness (QED) is 0.525. The first kappa shape index (κ1) is 12.1. The van der Waals surface area contributed by atoms with E-state index in [1.54, 1.807) is 0 Å². The van der Waals surface area contributed by atoms with Gasteiger partial charge in [0.1, 0.15) is 7.28 Å². The van der Waals surface area contributed by atoms with Crippen molar-refractivity contribution < 1.29 is 0 Å². The molecule has 0 amide bonds. The van der Waals surface area contributed by atoms with E-state index in [4.69, 9.17) is 0 Å². The van der Waals surface area contributed by atoms with Crippen molar-refractivity contribution >= 4 is 7.28 Å². The van der Waals surface area contributed by atoms with Gasteiger partial charge in [0.25, 0.3) is 0 Å². The molecule has 0 fully saturated rings. The van der Waals surface area contributed by atoms with Crippen molar-refractivity contribution in [3.05, 3.63) is 0 Å². The van der Waals surface area contributed by atoms with Gasteiger partial charge >= 0.3 is 0 Å². The van der Waals surface area contributed by atoms with Gasteiger partial charge in [-0.1, -0.05) is 71.4 Å². The summed E-state index contributed by atoms with van der Waals surface area (Å²) in [5.41, 5.74) is 0. The second kappa shape index (κ2) is 5.67. The highest BCUT2D eigenvalue weighted by Gasteiger charge is 2.21. The van der Waals surface area contributed by atoms with Gasteiger partial charge in [-0.3, -0.25) is 0 Å². The van der Waals surface area contributed by atoms with Crippen LogP contribution in [0.4, 0.5) is 0 Å². The van der Waals surface area contributed by atoms with E-state index in [-0.39, 0.29) is 0 Å². The summed E-state index contributed by atoms with van der Waals surface area (Å²) in [4.78, 5) is 0. The van der Waals surface area contributed by atoms with E-state index in [0.717, 1.165) is 5.82 Å². The van der Waals surface area contributed by atoms with Gasteiger partial charge in [-0.15, -0.1) is 0 Å². The Bertz CT molecular complexity index is 108. The smallest absolute Gasteiger partial charge is 0.0694 e. The molecule has 1 unspecified atom stereocenters. The second-order valence-electron chi connectivity index (χ2n) is 4.99. The Hall–Kier alpha value is 0.0649. The van der Waals surface area contributed by atoms with Crippen molar-refractivity contribution in [1.29, 1.82) is 0 Å². The highest BCUT2D eigenvalue weighted by Crippen LogP contribution is 2.34. The second-order valence-corrected chi connectivity index (χ2v) is 4.99. The average Bonchev–Trinajstić information content (AvgIpc) is 2.00. The molecule has 0 aliphatic rings. The third-order valence-electron chi connectivity index (χ3n) is 2.81. The van der Waals surface area contributed by atoms with Crippen LogP contribution in [0.1, 0.15) is 60.3 Å². The molecule has 0 aromatic heterocycles. The van der Waals surface area contributed by atoms with Crippen molar-refractivity contribution in [2.75, 3.05) is 0 Å². The maximum atomic E-state index is 2.41. The van der Waals surface area contributed by atoms with Crippen LogP contribution in [-0.2, 0) is 0 Å².